The van der Waals surface area contributed by atoms with Gasteiger partial charge in [-0.15, -0.1) is 0 Å². The highest BCUT2D eigenvalue weighted by atomic mass is 35.5. The van der Waals surface area contributed by atoms with Gasteiger partial charge in [0.2, 0.25) is 0 Å². The second kappa shape index (κ2) is 13.6. The van der Waals surface area contributed by atoms with E-state index in [4.69, 9.17) is 18.9 Å². The van der Waals surface area contributed by atoms with Crippen LogP contribution in [-0.2, 0) is 20.8 Å². The Labute approximate surface area is 167 Å². The standard InChI is InChI=1S/C19H30N2O5.ClH/c1-3-24-10-4-7-20-14-16-5-6-17(18(13-16)23-2)26-15-19(22)21-8-11-25-12-9-21;/h5-6,13,20H,3-4,7-12,14-15H2,1-2H3;1H/p-1. The number of methoxy groups -OCH3 is 1. The molecule has 2 rings (SSSR count). The summed E-state index contributed by atoms with van der Waals surface area (Å²) in [6, 6.07) is 5.76. The summed E-state index contributed by atoms with van der Waals surface area (Å²) in [5, 5.41) is 3.38. The molecule has 0 spiro atoms. The van der Waals surface area contributed by atoms with Gasteiger partial charge in [-0.1, -0.05) is 6.07 Å². The highest BCUT2D eigenvalue weighted by Gasteiger charge is 2.18. The van der Waals surface area contributed by atoms with E-state index in [1.54, 1.807) is 12.0 Å². The summed E-state index contributed by atoms with van der Waals surface area (Å²) in [5.74, 6) is 1.18. The molecule has 1 heterocycles. The largest absolute Gasteiger partial charge is 1.00 e. The molecule has 0 radical (unpaired) electrons. The topological polar surface area (TPSA) is 69.3 Å². The maximum Gasteiger partial charge on any atom is 0.260 e. The smallest absolute Gasteiger partial charge is 0.260 e. The second-order valence-corrected chi connectivity index (χ2v) is 5.99. The maximum absolute atomic E-state index is 12.2. The van der Waals surface area contributed by atoms with Crippen molar-refractivity contribution in [3.8, 4) is 11.5 Å². The molecular weight excluding hydrogens is 372 g/mol. The van der Waals surface area contributed by atoms with Crippen molar-refractivity contribution >= 4 is 5.91 Å². The van der Waals surface area contributed by atoms with E-state index in [1.807, 2.05) is 25.1 Å². The van der Waals surface area contributed by atoms with Crippen molar-refractivity contribution in [2.24, 2.45) is 0 Å². The number of carbonyl (C=O) groups excluding carboxylic acids is 1. The van der Waals surface area contributed by atoms with Crippen molar-refractivity contribution in [1.82, 2.24) is 10.2 Å². The van der Waals surface area contributed by atoms with E-state index in [0.717, 1.165) is 38.3 Å². The molecule has 0 aliphatic carbocycles. The van der Waals surface area contributed by atoms with Crippen LogP contribution in [-0.4, -0.2) is 70.6 Å². The molecule has 0 aromatic heterocycles. The van der Waals surface area contributed by atoms with Crippen molar-refractivity contribution in [3.05, 3.63) is 23.8 Å². The van der Waals surface area contributed by atoms with Gasteiger partial charge in [0.05, 0.1) is 20.3 Å². The van der Waals surface area contributed by atoms with Gasteiger partial charge in [0, 0.05) is 32.8 Å². The Morgan fingerprint density at radius 2 is 2.04 bits per heavy atom. The maximum atomic E-state index is 12.2. The molecule has 0 saturated carbocycles. The molecule has 0 unspecified atom stereocenters. The predicted octanol–water partition coefficient (Wildman–Crippen LogP) is -1.55. The number of nitrogens with zero attached hydrogens (tertiary/aromatic N) is 1. The number of halogens is 1. The summed E-state index contributed by atoms with van der Waals surface area (Å²) in [6.45, 7) is 7.58. The number of hydrogen-bond acceptors (Lipinski definition) is 6. The van der Waals surface area contributed by atoms with Crippen LogP contribution in [0.25, 0.3) is 0 Å². The van der Waals surface area contributed by atoms with Gasteiger partial charge in [0.25, 0.3) is 5.91 Å². The minimum absolute atomic E-state index is 0. The second-order valence-electron chi connectivity index (χ2n) is 5.99. The summed E-state index contributed by atoms with van der Waals surface area (Å²) in [7, 11) is 1.60. The molecule has 1 saturated heterocycles. The average Bonchev–Trinajstić information content (AvgIpc) is 2.69. The molecule has 0 atom stereocenters. The number of nitrogens with one attached hydrogen (secondary N) is 1. The zero-order chi connectivity index (χ0) is 18.6. The van der Waals surface area contributed by atoms with E-state index in [1.165, 1.54) is 0 Å². The third kappa shape index (κ3) is 8.34. The fourth-order valence-corrected chi connectivity index (χ4v) is 2.66. The normalized spacial score (nSPS) is 13.8. The van der Waals surface area contributed by atoms with E-state index in [0.29, 0.717) is 37.8 Å². The fourth-order valence-electron chi connectivity index (χ4n) is 2.66. The SMILES string of the molecule is CCOCCCNCc1ccc(OCC(=O)N2CCOCC2)c(OC)c1.[Cl-]. The van der Waals surface area contributed by atoms with Crippen molar-refractivity contribution < 1.29 is 36.1 Å². The van der Waals surface area contributed by atoms with Crippen LogP contribution in [0, 0.1) is 0 Å². The summed E-state index contributed by atoms with van der Waals surface area (Å²) >= 11 is 0. The first kappa shape index (κ1) is 23.5. The summed E-state index contributed by atoms with van der Waals surface area (Å²) in [5.41, 5.74) is 1.10. The van der Waals surface area contributed by atoms with E-state index in [2.05, 4.69) is 5.32 Å². The van der Waals surface area contributed by atoms with Crippen molar-refractivity contribution in [1.29, 1.82) is 0 Å². The number of hydrogen-bond donors (Lipinski definition) is 1. The molecule has 1 aromatic carbocycles. The van der Waals surface area contributed by atoms with Gasteiger partial charge < -0.3 is 41.6 Å². The molecule has 1 aliphatic heterocycles. The number of morpholine rings is 1. The lowest BCUT2D eigenvalue weighted by molar-refractivity contribution is -0.137. The molecule has 1 aromatic rings. The summed E-state index contributed by atoms with van der Waals surface area (Å²) in [6.07, 6.45) is 0.982. The molecule has 27 heavy (non-hydrogen) atoms. The predicted molar refractivity (Wildman–Crippen MR) is 98.7 cm³/mol. The van der Waals surface area contributed by atoms with Gasteiger partial charge >= 0.3 is 0 Å². The summed E-state index contributed by atoms with van der Waals surface area (Å²) in [4.78, 5) is 13.9. The van der Waals surface area contributed by atoms with Gasteiger partial charge in [-0.2, -0.15) is 0 Å². The fraction of sp³-hybridized carbons (Fsp3) is 0.632. The monoisotopic (exact) mass is 401 g/mol. The third-order valence-electron chi connectivity index (χ3n) is 4.12. The van der Waals surface area contributed by atoms with Gasteiger partial charge in [-0.05, 0) is 37.6 Å². The highest BCUT2D eigenvalue weighted by molar-refractivity contribution is 5.78. The Hall–Kier alpha value is -1.54. The van der Waals surface area contributed by atoms with Gasteiger partial charge in [-0.3, -0.25) is 4.79 Å². The van der Waals surface area contributed by atoms with Crippen molar-refractivity contribution in [2.75, 3.05) is 59.8 Å². The Kier molecular flexibility index (Phi) is 11.8. The first-order valence-corrected chi connectivity index (χ1v) is 9.18. The van der Waals surface area contributed by atoms with Crippen LogP contribution in [0.3, 0.4) is 0 Å². The van der Waals surface area contributed by atoms with Crippen LogP contribution >= 0.6 is 0 Å². The van der Waals surface area contributed by atoms with Crippen LogP contribution in [0.4, 0.5) is 0 Å². The van der Waals surface area contributed by atoms with Crippen LogP contribution in [0.5, 0.6) is 11.5 Å². The Morgan fingerprint density at radius 3 is 2.74 bits per heavy atom. The van der Waals surface area contributed by atoms with Crippen molar-refractivity contribution in [3.63, 3.8) is 0 Å². The first-order valence-electron chi connectivity index (χ1n) is 9.18. The van der Waals surface area contributed by atoms with Gasteiger partial charge in [0.1, 0.15) is 0 Å². The molecule has 1 N–H and O–H groups in total. The van der Waals surface area contributed by atoms with Gasteiger partial charge in [-0.25, -0.2) is 0 Å². The molecular formula is C19H30ClN2O5-. The van der Waals surface area contributed by atoms with Crippen molar-refractivity contribution in [2.45, 2.75) is 19.9 Å². The Morgan fingerprint density at radius 1 is 1.26 bits per heavy atom. The number of benzene rings is 1. The molecule has 7 nitrogen and oxygen atoms in total. The van der Waals surface area contributed by atoms with Gasteiger partial charge in [0.15, 0.2) is 18.1 Å². The Bertz CT molecular complexity index is 553. The highest BCUT2D eigenvalue weighted by Crippen LogP contribution is 2.28. The molecule has 1 aliphatic rings. The number of rotatable bonds is 11. The first-order chi connectivity index (χ1) is 12.7. The minimum atomic E-state index is -0.0320. The van der Waals surface area contributed by atoms with E-state index < -0.39 is 0 Å². The lowest BCUT2D eigenvalue weighted by atomic mass is 10.2. The number of ether oxygens (including phenoxy) is 4. The number of carbonyl (C=O) groups is 1. The molecule has 154 valence electrons. The molecule has 0 bridgehead atoms. The van der Waals surface area contributed by atoms with E-state index in [9.17, 15) is 4.79 Å². The molecule has 1 amide bonds. The number of amides is 1. The van der Waals surface area contributed by atoms with Crippen LogP contribution in [0.1, 0.15) is 18.9 Å². The summed E-state index contributed by atoms with van der Waals surface area (Å²) < 4.78 is 21.6. The zero-order valence-corrected chi connectivity index (χ0v) is 16.9. The quantitative estimate of drug-likeness (QED) is 0.453. The lowest BCUT2D eigenvalue weighted by Crippen LogP contribution is -3.00. The Balaban J connectivity index is 0.00000364. The van der Waals surface area contributed by atoms with E-state index in [-0.39, 0.29) is 24.9 Å². The minimum Gasteiger partial charge on any atom is -1.00 e. The molecule has 8 heteroatoms. The molecule has 1 fully saturated rings. The van der Waals surface area contributed by atoms with E-state index >= 15 is 0 Å². The third-order valence-corrected chi connectivity index (χ3v) is 4.12. The van der Waals surface area contributed by atoms with Crippen LogP contribution in [0.2, 0.25) is 0 Å². The van der Waals surface area contributed by atoms with Crippen LogP contribution < -0.4 is 27.2 Å². The van der Waals surface area contributed by atoms with Crippen LogP contribution in [0.15, 0.2) is 18.2 Å². The zero-order valence-electron chi connectivity index (χ0n) is 16.2. The average molecular weight is 402 g/mol. The lowest BCUT2D eigenvalue weighted by Gasteiger charge is -2.26.